The van der Waals surface area contributed by atoms with Crippen molar-refractivity contribution in [1.29, 1.82) is 0 Å². The Labute approximate surface area is 214 Å². The van der Waals surface area contributed by atoms with Crippen LogP contribution in [0.4, 0.5) is 0 Å². The van der Waals surface area contributed by atoms with Gasteiger partial charge in [0, 0.05) is 18.5 Å². The van der Waals surface area contributed by atoms with Crippen molar-refractivity contribution in [2.24, 2.45) is 0 Å². The monoisotopic (exact) mass is 497 g/mol. The molecule has 0 unspecified atom stereocenters. The quantitative estimate of drug-likeness (QED) is 0.234. The van der Waals surface area contributed by atoms with Crippen LogP contribution in [-0.2, 0) is 27.2 Å². The van der Waals surface area contributed by atoms with Crippen LogP contribution in [0.15, 0.2) is 78.4 Å². The van der Waals surface area contributed by atoms with Crippen LogP contribution in [0.5, 0.6) is 5.75 Å². The van der Waals surface area contributed by atoms with Gasteiger partial charge in [0.25, 0.3) is 11.7 Å². The topological polar surface area (TPSA) is 93.1 Å². The Morgan fingerprint density at radius 1 is 1.03 bits per heavy atom. The van der Waals surface area contributed by atoms with Crippen LogP contribution in [0.3, 0.4) is 0 Å². The molecule has 1 N–H and O–H groups in total. The Hall–Kier alpha value is -4.39. The maximum atomic E-state index is 13.3. The standard InChI is InChI=1S/C30H27NO6/c1-18-16-23-17-22(12-13-24(23)37-18)27(32)25-26(20-8-10-21(11-9-20)30(35)36-2)31(29(34)28(25)33)15-14-19-6-4-3-5-7-19/h3-13,17-18,26,32H,14-16H2,1-2H3/b27-25+/t18-,26-/m0/s1. The number of benzene rings is 3. The van der Waals surface area contributed by atoms with E-state index in [2.05, 4.69) is 0 Å². The smallest absolute Gasteiger partial charge is 0.337 e. The Kier molecular flexibility index (Phi) is 6.53. The summed E-state index contributed by atoms with van der Waals surface area (Å²) in [6.45, 7) is 2.25. The molecule has 2 heterocycles. The number of likely N-dealkylation sites (tertiary alicyclic amines) is 1. The van der Waals surface area contributed by atoms with Crippen LogP contribution >= 0.6 is 0 Å². The highest BCUT2D eigenvalue weighted by Gasteiger charge is 2.46. The molecule has 0 aliphatic carbocycles. The van der Waals surface area contributed by atoms with Gasteiger partial charge in [-0.2, -0.15) is 0 Å². The van der Waals surface area contributed by atoms with Gasteiger partial charge >= 0.3 is 5.97 Å². The Bertz CT molecular complexity index is 1390. The number of carbonyl (C=O) groups excluding carboxylic acids is 3. The second-order valence-electron chi connectivity index (χ2n) is 9.30. The van der Waals surface area contributed by atoms with Gasteiger partial charge < -0.3 is 19.5 Å². The van der Waals surface area contributed by atoms with Gasteiger partial charge in [-0.05, 0) is 60.4 Å². The van der Waals surface area contributed by atoms with Crippen LogP contribution in [0, 0.1) is 0 Å². The van der Waals surface area contributed by atoms with Crippen LogP contribution in [0.2, 0.25) is 0 Å². The predicted molar refractivity (Wildman–Crippen MR) is 137 cm³/mol. The van der Waals surface area contributed by atoms with Crippen molar-refractivity contribution >= 4 is 23.4 Å². The lowest BCUT2D eigenvalue weighted by atomic mass is 9.93. The largest absolute Gasteiger partial charge is 0.507 e. The van der Waals surface area contributed by atoms with E-state index in [0.717, 1.165) is 16.9 Å². The molecule has 1 fully saturated rings. The third-order valence-corrected chi connectivity index (χ3v) is 6.84. The lowest BCUT2D eigenvalue weighted by molar-refractivity contribution is -0.139. The minimum absolute atomic E-state index is 0.0239. The number of fused-ring (bicyclic) bond motifs is 1. The van der Waals surface area contributed by atoms with E-state index in [9.17, 15) is 19.5 Å². The van der Waals surface area contributed by atoms with Gasteiger partial charge in [-0.15, -0.1) is 0 Å². The van der Waals surface area contributed by atoms with Gasteiger partial charge in [-0.1, -0.05) is 42.5 Å². The Morgan fingerprint density at radius 2 is 1.73 bits per heavy atom. The summed E-state index contributed by atoms with van der Waals surface area (Å²) in [4.78, 5) is 40.0. The number of carbonyl (C=O) groups is 3. The number of esters is 1. The molecular formula is C30H27NO6. The van der Waals surface area contributed by atoms with Gasteiger partial charge in [-0.25, -0.2) is 4.79 Å². The first-order chi connectivity index (χ1) is 17.9. The van der Waals surface area contributed by atoms with Crippen molar-refractivity contribution in [2.75, 3.05) is 13.7 Å². The number of amides is 1. The van der Waals surface area contributed by atoms with Crippen LogP contribution in [0.1, 0.15) is 45.6 Å². The van der Waals surface area contributed by atoms with Crippen molar-refractivity contribution in [2.45, 2.75) is 31.9 Å². The van der Waals surface area contributed by atoms with Crippen molar-refractivity contribution in [1.82, 2.24) is 4.90 Å². The molecule has 0 saturated carbocycles. The number of aliphatic hydroxyl groups excluding tert-OH is 1. The molecule has 0 aromatic heterocycles. The molecule has 188 valence electrons. The zero-order valence-electron chi connectivity index (χ0n) is 20.6. The van der Waals surface area contributed by atoms with Crippen molar-refractivity contribution in [3.8, 4) is 5.75 Å². The lowest BCUT2D eigenvalue weighted by Crippen LogP contribution is -2.31. The van der Waals surface area contributed by atoms with Crippen molar-refractivity contribution < 1.29 is 29.0 Å². The summed E-state index contributed by atoms with van der Waals surface area (Å²) in [5.74, 6) is -1.37. The van der Waals surface area contributed by atoms with Crippen LogP contribution in [0.25, 0.3) is 5.76 Å². The predicted octanol–water partition coefficient (Wildman–Crippen LogP) is 4.46. The Morgan fingerprint density at radius 3 is 2.43 bits per heavy atom. The van der Waals surface area contributed by atoms with Crippen LogP contribution in [-0.4, -0.2) is 47.4 Å². The number of hydrogen-bond donors (Lipinski definition) is 1. The van der Waals surface area contributed by atoms with Gasteiger partial charge in [0.1, 0.15) is 17.6 Å². The van der Waals surface area contributed by atoms with E-state index in [1.165, 1.54) is 12.0 Å². The average molecular weight is 498 g/mol. The molecule has 7 nitrogen and oxygen atoms in total. The second-order valence-corrected chi connectivity index (χ2v) is 9.30. The zero-order chi connectivity index (χ0) is 26.1. The van der Waals surface area contributed by atoms with E-state index < -0.39 is 23.7 Å². The van der Waals surface area contributed by atoms with Crippen molar-refractivity contribution in [3.05, 3.63) is 106 Å². The fraction of sp³-hybridized carbons (Fsp3) is 0.233. The normalized spacial score (nSPS) is 20.0. The molecular weight excluding hydrogens is 470 g/mol. The fourth-order valence-electron chi connectivity index (χ4n) is 5.00. The average Bonchev–Trinajstić information content (AvgIpc) is 3.42. The Balaban J connectivity index is 1.57. The first-order valence-electron chi connectivity index (χ1n) is 12.2. The third kappa shape index (κ3) is 4.60. The molecule has 0 radical (unpaired) electrons. The first kappa shape index (κ1) is 24.3. The molecule has 0 spiro atoms. The maximum Gasteiger partial charge on any atom is 0.337 e. The summed E-state index contributed by atoms with van der Waals surface area (Å²) in [6.07, 6.45) is 1.27. The fourth-order valence-corrected chi connectivity index (χ4v) is 5.00. The van der Waals surface area contributed by atoms with Gasteiger partial charge in [0.15, 0.2) is 0 Å². The molecule has 37 heavy (non-hydrogen) atoms. The minimum Gasteiger partial charge on any atom is -0.507 e. The van der Waals surface area contributed by atoms with E-state index in [0.29, 0.717) is 29.5 Å². The summed E-state index contributed by atoms with van der Waals surface area (Å²) >= 11 is 0. The number of ketones is 1. The number of nitrogens with zero attached hydrogens (tertiary/aromatic N) is 1. The molecule has 0 bridgehead atoms. The highest BCUT2D eigenvalue weighted by atomic mass is 16.5. The van der Waals surface area contributed by atoms with Crippen molar-refractivity contribution in [3.63, 3.8) is 0 Å². The SMILES string of the molecule is COC(=O)c1ccc([C@H]2/C(=C(\O)c3ccc4c(c3)C[C@H](C)O4)C(=O)C(=O)N2CCc2ccccc2)cc1. The summed E-state index contributed by atoms with van der Waals surface area (Å²) in [7, 11) is 1.30. The van der Waals surface area contributed by atoms with E-state index in [-0.39, 0.29) is 24.0 Å². The molecule has 2 aliphatic heterocycles. The molecule has 2 aliphatic rings. The third-order valence-electron chi connectivity index (χ3n) is 6.84. The highest BCUT2D eigenvalue weighted by molar-refractivity contribution is 6.46. The molecule has 5 rings (SSSR count). The molecule has 1 amide bonds. The van der Waals surface area contributed by atoms with E-state index >= 15 is 0 Å². The zero-order valence-corrected chi connectivity index (χ0v) is 20.6. The van der Waals surface area contributed by atoms with Gasteiger partial charge in [-0.3, -0.25) is 9.59 Å². The second kappa shape index (κ2) is 9.93. The summed E-state index contributed by atoms with van der Waals surface area (Å²) in [5.41, 5.74) is 3.40. The highest BCUT2D eigenvalue weighted by Crippen LogP contribution is 2.40. The van der Waals surface area contributed by atoms with E-state index in [1.807, 2.05) is 43.3 Å². The molecule has 2 atom stereocenters. The van der Waals surface area contributed by atoms with E-state index in [1.54, 1.807) is 36.4 Å². The first-order valence-corrected chi connectivity index (χ1v) is 12.2. The van der Waals surface area contributed by atoms with Crippen LogP contribution < -0.4 is 4.74 Å². The molecule has 3 aromatic carbocycles. The minimum atomic E-state index is -0.807. The molecule has 3 aromatic rings. The number of hydrogen-bond acceptors (Lipinski definition) is 6. The number of Topliss-reactive ketones (excluding diaryl/α,β-unsaturated/α-hetero) is 1. The number of rotatable bonds is 6. The maximum absolute atomic E-state index is 13.3. The van der Waals surface area contributed by atoms with Gasteiger partial charge in [0.05, 0.1) is 24.3 Å². The summed E-state index contributed by atoms with van der Waals surface area (Å²) in [5, 5.41) is 11.4. The molecule has 1 saturated heterocycles. The van der Waals surface area contributed by atoms with E-state index in [4.69, 9.17) is 9.47 Å². The number of aliphatic hydroxyl groups is 1. The number of ether oxygens (including phenoxy) is 2. The molecule has 7 heteroatoms. The van der Waals surface area contributed by atoms with Gasteiger partial charge in [0.2, 0.25) is 0 Å². The summed E-state index contributed by atoms with van der Waals surface area (Å²) in [6, 6.07) is 20.7. The lowest BCUT2D eigenvalue weighted by Gasteiger charge is -2.25. The summed E-state index contributed by atoms with van der Waals surface area (Å²) < 4.78 is 10.6. The number of methoxy groups -OCH3 is 1.